The van der Waals surface area contributed by atoms with Gasteiger partial charge in [-0.2, -0.15) is 5.26 Å². The molecule has 9 nitrogen and oxygen atoms in total. The summed E-state index contributed by atoms with van der Waals surface area (Å²) in [6.07, 6.45) is 2.34. The maximum atomic E-state index is 13.5. The standard InChI is InChI=1S/C23H21ClFN3O6S/c24-17-8-14(25)1-2-18(17)35(32,33)16-7-13(11-34-15-3-5-28-6-4-15)23(9-16,21(30)31)19-10-22(19,12-26)20(27)29/h1-6,8,13,16,19H,7,9-11H2,(H2,27,29)(H,30,31)/t13-,16-,19?,22?,23-/m0/s1. The zero-order chi connectivity index (χ0) is 25.6. The van der Waals surface area contributed by atoms with Crippen LogP contribution in [0, 0.1) is 39.8 Å². The summed E-state index contributed by atoms with van der Waals surface area (Å²) in [7, 11) is -4.20. The first-order chi connectivity index (χ1) is 16.5. The van der Waals surface area contributed by atoms with Crippen LogP contribution >= 0.6 is 11.6 Å². The number of nitriles is 1. The molecule has 184 valence electrons. The lowest BCUT2D eigenvalue weighted by Gasteiger charge is -2.32. The van der Waals surface area contributed by atoms with Crippen LogP contribution in [-0.4, -0.2) is 42.2 Å². The zero-order valence-electron chi connectivity index (χ0n) is 18.2. The highest BCUT2D eigenvalue weighted by Gasteiger charge is 2.75. The second-order valence-corrected chi connectivity index (χ2v) is 11.5. The molecule has 0 saturated heterocycles. The van der Waals surface area contributed by atoms with E-state index in [1.165, 1.54) is 12.4 Å². The van der Waals surface area contributed by atoms with Gasteiger partial charge in [-0.3, -0.25) is 14.6 Å². The SMILES string of the molecule is N#CC1(C(N)=O)CC1[C@]1(C(=O)O)C[C@@H](S(=O)(=O)c2ccc(F)cc2Cl)C[C@H]1COc1ccncc1. The van der Waals surface area contributed by atoms with Gasteiger partial charge < -0.3 is 15.6 Å². The Morgan fingerprint density at radius 1 is 1.29 bits per heavy atom. The number of aliphatic carboxylic acids is 1. The Morgan fingerprint density at radius 2 is 1.97 bits per heavy atom. The number of carbonyl (C=O) groups is 2. The van der Waals surface area contributed by atoms with E-state index >= 15 is 0 Å². The Hall–Kier alpha value is -3.23. The number of hydrogen-bond acceptors (Lipinski definition) is 7. The molecule has 2 saturated carbocycles. The van der Waals surface area contributed by atoms with Crippen molar-refractivity contribution in [2.45, 2.75) is 29.4 Å². The molecule has 0 spiro atoms. The maximum absolute atomic E-state index is 13.5. The van der Waals surface area contributed by atoms with Gasteiger partial charge in [-0.15, -0.1) is 0 Å². The second-order valence-electron chi connectivity index (χ2n) is 8.92. The van der Waals surface area contributed by atoms with Crippen molar-refractivity contribution >= 4 is 33.3 Å². The number of nitrogens with zero attached hydrogens (tertiary/aromatic N) is 2. The fraction of sp³-hybridized carbons (Fsp3) is 0.391. The number of hydrogen-bond donors (Lipinski definition) is 2. The average molecular weight is 522 g/mol. The summed E-state index contributed by atoms with van der Waals surface area (Å²) in [5, 5.41) is 18.5. The Balaban J connectivity index is 1.75. The van der Waals surface area contributed by atoms with E-state index in [2.05, 4.69) is 4.98 Å². The largest absolute Gasteiger partial charge is 0.493 e. The van der Waals surface area contributed by atoms with E-state index in [1.54, 1.807) is 12.1 Å². The van der Waals surface area contributed by atoms with E-state index in [9.17, 15) is 32.8 Å². The van der Waals surface area contributed by atoms with Gasteiger partial charge in [0, 0.05) is 24.2 Å². The molecule has 2 aromatic rings. The molecule has 2 aliphatic carbocycles. The molecule has 35 heavy (non-hydrogen) atoms. The summed E-state index contributed by atoms with van der Waals surface area (Å²) in [6.45, 7) is -0.184. The lowest BCUT2D eigenvalue weighted by molar-refractivity contribution is -0.154. The van der Waals surface area contributed by atoms with Crippen LogP contribution in [-0.2, 0) is 19.4 Å². The van der Waals surface area contributed by atoms with Crippen molar-refractivity contribution in [1.82, 2.24) is 4.98 Å². The van der Waals surface area contributed by atoms with Crippen molar-refractivity contribution in [2.24, 2.45) is 28.4 Å². The number of rotatable bonds is 8. The van der Waals surface area contributed by atoms with E-state index in [0.29, 0.717) is 5.75 Å². The Labute approximate surface area is 205 Å². The third kappa shape index (κ3) is 4.00. The Morgan fingerprint density at radius 3 is 2.51 bits per heavy atom. The van der Waals surface area contributed by atoms with Gasteiger partial charge in [0.25, 0.3) is 0 Å². The number of nitrogens with two attached hydrogens (primary N) is 1. The van der Waals surface area contributed by atoms with Gasteiger partial charge in [0.2, 0.25) is 5.91 Å². The molecule has 2 unspecified atom stereocenters. The van der Waals surface area contributed by atoms with Gasteiger partial charge in [0.15, 0.2) is 9.84 Å². The van der Waals surface area contributed by atoms with Gasteiger partial charge in [0.05, 0.1) is 33.3 Å². The van der Waals surface area contributed by atoms with Crippen LogP contribution in [0.2, 0.25) is 5.02 Å². The summed E-state index contributed by atoms with van der Waals surface area (Å²) in [5.74, 6) is -4.50. The van der Waals surface area contributed by atoms with Gasteiger partial charge in [-0.1, -0.05) is 11.6 Å². The summed E-state index contributed by atoms with van der Waals surface area (Å²) in [5.41, 5.74) is 1.97. The number of carboxylic acid groups (broad SMARTS) is 1. The highest BCUT2D eigenvalue weighted by Crippen LogP contribution is 2.68. The highest BCUT2D eigenvalue weighted by atomic mass is 35.5. The molecule has 0 radical (unpaired) electrons. The third-order valence-electron chi connectivity index (χ3n) is 7.20. The normalized spacial score (nSPS) is 29.8. The first-order valence-corrected chi connectivity index (χ1v) is 12.6. The lowest BCUT2D eigenvalue weighted by atomic mass is 9.71. The molecule has 3 N–H and O–H groups in total. The lowest BCUT2D eigenvalue weighted by Crippen LogP contribution is -2.43. The number of primary amides is 1. The molecular formula is C23H21ClFN3O6S. The molecule has 1 aromatic carbocycles. The number of sulfone groups is 1. The molecule has 12 heteroatoms. The molecule has 1 aromatic heterocycles. The number of ether oxygens (including phenoxy) is 1. The van der Waals surface area contributed by atoms with E-state index in [-0.39, 0.29) is 35.8 Å². The van der Waals surface area contributed by atoms with Crippen LogP contribution < -0.4 is 10.5 Å². The summed E-state index contributed by atoms with van der Waals surface area (Å²) in [4.78, 5) is 28.4. The molecular weight excluding hydrogens is 501 g/mol. The number of aromatic nitrogens is 1. The van der Waals surface area contributed by atoms with Gasteiger partial charge >= 0.3 is 5.97 Å². The number of carbonyl (C=O) groups excluding carboxylic acids is 1. The highest BCUT2D eigenvalue weighted by molar-refractivity contribution is 7.92. The zero-order valence-corrected chi connectivity index (χ0v) is 19.8. The Bertz CT molecular complexity index is 1330. The van der Waals surface area contributed by atoms with Crippen molar-refractivity contribution in [1.29, 1.82) is 5.26 Å². The molecule has 4 rings (SSSR count). The van der Waals surface area contributed by atoms with E-state index in [4.69, 9.17) is 22.1 Å². The Kier molecular flexibility index (Phi) is 6.23. The molecule has 1 amide bonds. The van der Waals surface area contributed by atoms with Crippen LogP contribution in [0.25, 0.3) is 0 Å². The number of benzene rings is 1. The quantitative estimate of drug-likeness (QED) is 0.501. The van der Waals surface area contributed by atoms with Crippen LogP contribution in [0.4, 0.5) is 4.39 Å². The van der Waals surface area contributed by atoms with Crippen molar-refractivity contribution in [3.05, 3.63) is 53.6 Å². The number of carboxylic acids is 1. The fourth-order valence-electron chi connectivity index (χ4n) is 5.30. The predicted octanol–water partition coefficient (Wildman–Crippen LogP) is 2.59. The van der Waals surface area contributed by atoms with E-state index in [1.807, 2.05) is 6.07 Å². The third-order valence-corrected chi connectivity index (χ3v) is 9.83. The fourth-order valence-corrected chi connectivity index (χ4v) is 7.72. The summed E-state index contributed by atoms with van der Waals surface area (Å²) >= 11 is 6.02. The first-order valence-electron chi connectivity index (χ1n) is 10.7. The predicted molar refractivity (Wildman–Crippen MR) is 120 cm³/mol. The number of amides is 1. The smallest absolute Gasteiger partial charge is 0.310 e. The van der Waals surface area contributed by atoms with Gasteiger partial charge in [-0.25, -0.2) is 12.8 Å². The van der Waals surface area contributed by atoms with Gasteiger partial charge in [-0.05, 0) is 49.6 Å². The second kappa shape index (κ2) is 8.77. The van der Waals surface area contributed by atoms with Crippen molar-refractivity contribution in [3.63, 3.8) is 0 Å². The molecule has 2 aliphatic rings. The molecule has 5 atom stereocenters. The number of halogens is 2. The van der Waals surface area contributed by atoms with Crippen molar-refractivity contribution in [2.75, 3.05) is 6.61 Å². The van der Waals surface area contributed by atoms with Crippen LogP contribution in [0.1, 0.15) is 19.3 Å². The van der Waals surface area contributed by atoms with Crippen molar-refractivity contribution in [3.8, 4) is 11.8 Å². The van der Waals surface area contributed by atoms with Crippen molar-refractivity contribution < 1.29 is 32.2 Å². The topological polar surface area (TPSA) is 160 Å². The van der Waals surface area contributed by atoms with E-state index < -0.39 is 55.4 Å². The first kappa shape index (κ1) is 24.9. The summed E-state index contributed by atoms with van der Waals surface area (Å²) in [6, 6.07) is 7.83. The minimum atomic E-state index is -4.20. The van der Waals surface area contributed by atoms with Crippen LogP contribution in [0.3, 0.4) is 0 Å². The molecule has 2 fully saturated rings. The maximum Gasteiger partial charge on any atom is 0.310 e. The molecule has 0 bridgehead atoms. The van der Waals surface area contributed by atoms with E-state index in [0.717, 1.165) is 18.2 Å². The van der Waals surface area contributed by atoms with Gasteiger partial charge in [0.1, 0.15) is 17.0 Å². The number of pyridine rings is 1. The minimum absolute atomic E-state index is 0.0963. The minimum Gasteiger partial charge on any atom is -0.493 e. The summed E-state index contributed by atoms with van der Waals surface area (Å²) < 4.78 is 46.3. The molecule has 0 aliphatic heterocycles. The average Bonchev–Trinajstić information content (AvgIpc) is 3.44. The molecule has 1 heterocycles. The van der Waals surface area contributed by atoms with Crippen LogP contribution in [0.15, 0.2) is 47.6 Å². The monoisotopic (exact) mass is 521 g/mol. The van der Waals surface area contributed by atoms with Crippen LogP contribution in [0.5, 0.6) is 5.75 Å².